The van der Waals surface area contributed by atoms with Gasteiger partial charge in [0.05, 0.1) is 12.3 Å². The van der Waals surface area contributed by atoms with E-state index in [1.165, 1.54) is 0 Å². The van der Waals surface area contributed by atoms with Crippen LogP contribution in [0.25, 0.3) is 0 Å². The third-order valence-corrected chi connectivity index (χ3v) is 2.99. The van der Waals surface area contributed by atoms with E-state index in [1.54, 1.807) is 36.6 Å². The molecule has 6 heteroatoms. The van der Waals surface area contributed by atoms with Crippen molar-refractivity contribution >= 4 is 29.1 Å². The lowest BCUT2D eigenvalue weighted by atomic mass is 10.2. The van der Waals surface area contributed by atoms with Crippen LogP contribution in [-0.2, 0) is 4.79 Å². The van der Waals surface area contributed by atoms with Crippen LogP contribution in [-0.4, -0.2) is 12.5 Å². The minimum absolute atomic E-state index is 0.123. The highest BCUT2D eigenvalue weighted by Crippen LogP contribution is 2.24. The van der Waals surface area contributed by atoms with E-state index in [0.29, 0.717) is 21.6 Å². The molecule has 0 aliphatic heterocycles. The summed E-state index contributed by atoms with van der Waals surface area (Å²) in [5.74, 6) is 0.873. The lowest BCUT2D eigenvalue weighted by molar-refractivity contribution is -0.123. The zero-order valence-electron chi connectivity index (χ0n) is 10.7. The van der Waals surface area contributed by atoms with Gasteiger partial charge in [-0.25, -0.2) is 0 Å². The fourth-order valence-electron chi connectivity index (χ4n) is 1.65. The Morgan fingerprint density at radius 2 is 2.05 bits per heavy atom. The summed E-state index contributed by atoms with van der Waals surface area (Å²) in [5.41, 5.74) is 0. The average molecular weight is 314 g/mol. The second-order valence-corrected chi connectivity index (χ2v) is 5.07. The van der Waals surface area contributed by atoms with Gasteiger partial charge in [-0.15, -0.1) is 0 Å². The van der Waals surface area contributed by atoms with Gasteiger partial charge in [0.25, 0.3) is 5.91 Å². The number of rotatable bonds is 5. The quantitative estimate of drug-likeness (QED) is 0.912. The zero-order chi connectivity index (χ0) is 14.5. The Morgan fingerprint density at radius 1 is 1.35 bits per heavy atom. The molecule has 20 heavy (non-hydrogen) atoms. The predicted molar refractivity (Wildman–Crippen MR) is 77.2 cm³/mol. The van der Waals surface area contributed by atoms with Crippen LogP contribution in [0.5, 0.6) is 5.75 Å². The first-order valence-corrected chi connectivity index (χ1v) is 6.72. The van der Waals surface area contributed by atoms with E-state index in [-0.39, 0.29) is 18.6 Å². The Hall–Kier alpha value is -1.65. The van der Waals surface area contributed by atoms with Gasteiger partial charge in [-0.1, -0.05) is 23.2 Å². The van der Waals surface area contributed by atoms with E-state index in [4.69, 9.17) is 32.4 Å². The topological polar surface area (TPSA) is 51.5 Å². The molecule has 0 unspecified atom stereocenters. The number of carbonyl (C=O) groups excluding carboxylic acids is 1. The van der Waals surface area contributed by atoms with Crippen molar-refractivity contribution in [3.05, 3.63) is 52.4 Å². The van der Waals surface area contributed by atoms with Crippen molar-refractivity contribution < 1.29 is 13.9 Å². The highest BCUT2D eigenvalue weighted by molar-refractivity contribution is 6.34. The molecule has 0 radical (unpaired) electrons. The second-order valence-electron chi connectivity index (χ2n) is 4.20. The third-order valence-electron chi connectivity index (χ3n) is 2.55. The maximum absolute atomic E-state index is 11.7. The van der Waals surface area contributed by atoms with Crippen molar-refractivity contribution in [3.8, 4) is 5.75 Å². The first-order valence-electron chi connectivity index (χ1n) is 5.96. The summed E-state index contributed by atoms with van der Waals surface area (Å²) in [6, 6.07) is 8.12. The Bertz CT molecular complexity index is 564. The van der Waals surface area contributed by atoms with E-state index in [0.717, 1.165) is 0 Å². The Kier molecular flexibility index (Phi) is 4.93. The normalized spacial score (nSPS) is 11.9. The van der Waals surface area contributed by atoms with E-state index >= 15 is 0 Å². The fraction of sp³-hybridized carbons (Fsp3) is 0.214. The number of benzene rings is 1. The number of carbonyl (C=O) groups is 1. The summed E-state index contributed by atoms with van der Waals surface area (Å²) < 4.78 is 10.5. The summed E-state index contributed by atoms with van der Waals surface area (Å²) in [4.78, 5) is 11.7. The lowest BCUT2D eigenvalue weighted by Gasteiger charge is -2.12. The highest BCUT2D eigenvalue weighted by atomic mass is 35.5. The maximum atomic E-state index is 11.7. The molecule has 0 aliphatic rings. The molecule has 1 heterocycles. The van der Waals surface area contributed by atoms with Gasteiger partial charge in [-0.2, -0.15) is 0 Å². The van der Waals surface area contributed by atoms with Crippen molar-refractivity contribution in [3.63, 3.8) is 0 Å². The number of nitrogens with one attached hydrogen (secondary N) is 1. The van der Waals surface area contributed by atoms with Crippen LogP contribution in [0.3, 0.4) is 0 Å². The van der Waals surface area contributed by atoms with Crippen molar-refractivity contribution in [2.75, 3.05) is 6.61 Å². The van der Waals surface area contributed by atoms with E-state index < -0.39 is 0 Å². The van der Waals surface area contributed by atoms with Crippen molar-refractivity contribution in [2.45, 2.75) is 13.0 Å². The molecule has 4 nitrogen and oxygen atoms in total. The van der Waals surface area contributed by atoms with Gasteiger partial charge >= 0.3 is 0 Å². The maximum Gasteiger partial charge on any atom is 0.258 e. The largest absolute Gasteiger partial charge is 0.484 e. The number of ether oxygens (including phenoxy) is 1. The van der Waals surface area contributed by atoms with Crippen LogP contribution in [0.1, 0.15) is 18.7 Å². The van der Waals surface area contributed by atoms with Gasteiger partial charge in [0, 0.05) is 10.0 Å². The zero-order valence-corrected chi connectivity index (χ0v) is 12.2. The fourth-order valence-corrected chi connectivity index (χ4v) is 2.16. The second kappa shape index (κ2) is 6.68. The van der Waals surface area contributed by atoms with Gasteiger partial charge < -0.3 is 14.5 Å². The molecule has 0 fully saturated rings. The first-order chi connectivity index (χ1) is 9.54. The number of halogens is 2. The third kappa shape index (κ3) is 4.18. The molecule has 0 saturated heterocycles. The first kappa shape index (κ1) is 14.8. The van der Waals surface area contributed by atoms with Crippen molar-refractivity contribution in [1.82, 2.24) is 5.32 Å². The molecular formula is C14H13Cl2NO3. The summed E-state index contributed by atoms with van der Waals surface area (Å²) in [5, 5.41) is 3.67. The van der Waals surface area contributed by atoms with Crippen LogP contribution in [0, 0.1) is 0 Å². The van der Waals surface area contributed by atoms with Crippen LogP contribution in [0.2, 0.25) is 10.0 Å². The molecule has 2 aromatic rings. The molecule has 106 valence electrons. The molecule has 1 N–H and O–H groups in total. The molecule has 0 saturated carbocycles. The monoisotopic (exact) mass is 313 g/mol. The SMILES string of the molecule is C[C@@H](NC(=O)COc1cc(Cl)cc(Cl)c1)c1ccco1. The summed E-state index contributed by atoms with van der Waals surface area (Å²) in [7, 11) is 0. The number of furan rings is 1. The molecule has 1 atom stereocenters. The van der Waals surface area contributed by atoms with Gasteiger partial charge in [-0.05, 0) is 37.3 Å². The number of hydrogen-bond acceptors (Lipinski definition) is 3. The molecule has 0 spiro atoms. The summed E-state index contributed by atoms with van der Waals surface area (Å²) >= 11 is 11.7. The van der Waals surface area contributed by atoms with Gasteiger partial charge in [-0.3, -0.25) is 4.79 Å². The molecule has 1 aromatic heterocycles. The standard InChI is InChI=1S/C14H13Cl2NO3/c1-9(13-3-2-4-19-13)17-14(18)8-20-12-6-10(15)5-11(16)7-12/h2-7,9H,8H2,1H3,(H,17,18)/t9-/m1/s1. The van der Waals surface area contributed by atoms with Crippen molar-refractivity contribution in [1.29, 1.82) is 0 Å². The minimum Gasteiger partial charge on any atom is -0.484 e. The Morgan fingerprint density at radius 3 is 2.65 bits per heavy atom. The van der Waals surface area contributed by atoms with Crippen LogP contribution in [0.4, 0.5) is 0 Å². The van der Waals surface area contributed by atoms with Crippen LogP contribution >= 0.6 is 23.2 Å². The highest BCUT2D eigenvalue weighted by Gasteiger charge is 2.12. The summed E-state index contributed by atoms with van der Waals surface area (Å²) in [6.45, 7) is 1.70. The molecule has 1 aromatic carbocycles. The van der Waals surface area contributed by atoms with Gasteiger partial charge in [0.1, 0.15) is 11.5 Å². The van der Waals surface area contributed by atoms with Gasteiger partial charge in [0.15, 0.2) is 6.61 Å². The molecule has 0 aliphatic carbocycles. The van der Waals surface area contributed by atoms with E-state index in [9.17, 15) is 4.79 Å². The number of amides is 1. The average Bonchev–Trinajstić information content (AvgIpc) is 2.89. The number of hydrogen-bond donors (Lipinski definition) is 1. The van der Waals surface area contributed by atoms with Crippen LogP contribution in [0.15, 0.2) is 41.0 Å². The molecule has 1 amide bonds. The smallest absolute Gasteiger partial charge is 0.258 e. The lowest BCUT2D eigenvalue weighted by Crippen LogP contribution is -2.31. The molecule has 0 bridgehead atoms. The van der Waals surface area contributed by atoms with E-state index in [1.807, 2.05) is 6.92 Å². The van der Waals surface area contributed by atoms with Crippen LogP contribution < -0.4 is 10.1 Å². The molecular weight excluding hydrogens is 301 g/mol. The summed E-state index contributed by atoms with van der Waals surface area (Å²) in [6.07, 6.45) is 1.56. The van der Waals surface area contributed by atoms with Gasteiger partial charge in [0.2, 0.25) is 0 Å². The molecule has 2 rings (SSSR count). The predicted octanol–water partition coefficient (Wildman–Crippen LogP) is 3.84. The minimum atomic E-state index is -0.259. The van der Waals surface area contributed by atoms with Crippen molar-refractivity contribution in [2.24, 2.45) is 0 Å². The Balaban J connectivity index is 1.86. The van der Waals surface area contributed by atoms with E-state index in [2.05, 4.69) is 5.32 Å². The Labute approximate surface area is 126 Å².